The molecule has 0 amide bonds. The van der Waals surface area contributed by atoms with Gasteiger partial charge < -0.3 is 5.32 Å². The first-order valence-electron chi connectivity index (χ1n) is 4.54. The third kappa shape index (κ3) is 1.14. The van der Waals surface area contributed by atoms with E-state index >= 15 is 0 Å². The molecule has 0 spiro atoms. The largest absolute Gasteiger partial charge is 0.309 e. The summed E-state index contributed by atoms with van der Waals surface area (Å²) in [6.07, 6.45) is 2.50. The molecule has 2 heterocycles. The Morgan fingerprint density at radius 2 is 2.25 bits per heavy atom. The Balaban J connectivity index is 2.26. The summed E-state index contributed by atoms with van der Waals surface area (Å²) in [7, 11) is 0. The van der Waals surface area contributed by atoms with Gasteiger partial charge in [0.05, 0.1) is 11.7 Å². The predicted octanol–water partition coefficient (Wildman–Crippen LogP) is 1.45. The van der Waals surface area contributed by atoms with Gasteiger partial charge >= 0.3 is 0 Å². The zero-order chi connectivity index (χ0) is 8.55. The van der Waals surface area contributed by atoms with E-state index in [1.807, 2.05) is 0 Å². The van der Waals surface area contributed by atoms with Gasteiger partial charge in [0.1, 0.15) is 0 Å². The van der Waals surface area contributed by atoms with Gasteiger partial charge in [0, 0.05) is 5.69 Å². The number of aryl methyl sites for hydroxylation is 1. The van der Waals surface area contributed by atoms with Gasteiger partial charge in [0.25, 0.3) is 0 Å². The van der Waals surface area contributed by atoms with Crippen LogP contribution in [0.15, 0.2) is 0 Å². The number of nitrogens with one attached hydrogen (secondary N) is 2. The van der Waals surface area contributed by atoms with E-state index in [4.69, 9.17) is 0 Å². The van der Waals surface area contributed by atoms with Gasteiger partial charge in [-0.05, 0) is 38.8 Å². The highest BCUT2D eigenvalue weighted by molar-refractivity contribution is 5.25. The van der Waals surface area contributed by atoms with Crippen LogP contribution in [-0.4, -0.2) is 16.7 Å². The van der Waals surface area contributed by atoms with Crippen molar-refractivity contribution in [2.45, 2.75) is 32.7 Å². The molecule has 0 bridgehead atoms. The van der Waals surface area contributed by atoms with Crippen molar-refractivity contribution < 1.29 is 0 Å². The monoisotopic (exact) mass is 165 g/mol. The van der Waals surface area contributed by atoms with E-state index in [-0.39, 0.29) is 0 Å². The fraction of sp³-hybridized carbons (Fsp3) is 0.667. The van der Waals surface area contributed by atoms with Crippen molar-refractivity contribution >= 4 is 0 Å². The van der Waals surface area contributed by atoms with E-state index < -0.39 is 0 Å². The van der Waals surface area contributed by atoms with Gasteiger partial charge in [-0.1, -0.05) is 0 Å². The van der Waals surface area contributed by atoms with Gasteiger partial charge in [0.2, 0.25) is 0 Å². The van der Waals surface area contributed by atoms with Crippen molar-refractivity contribution in [3.8, 4) is 0 Å². The van der Waals surface area contributed by atoms with Gasteiger partial charge in [-0.15, -0.1) is 0 Å². The molecule has 0 radical (unpaired) electrons. The van der Waals surface area contributed by atoms with E-state index in [0.717, 1.165) is 6.54 Å². The van der Waals surface area contributed by atoms with Crippen LogP contribution in [0, 0.1) is 13.8 Å². The molecule has 0 aliphatic carbocycles. The number of hydrogen-bond donors (Lipinski definition) is 2. The van der Waals surface area contributed by atoms with Crippen molar-refractivity contribution in [2.24, 2.45) is 0 Å². The standard InChI is InChI=1S/C9H15N3/c1-6-7(2)11-12-9(6)8-4-3-5-10-8/h8,10H,3-5H2,1-2H3,(H,11,12). The summed E-state index contributed by atoms with van der Waals surface area (Å²) in [5, 5.41) is 10.8. The van der Waals surface area contributed by atoms with Crippen molar-refractivity contribution in [2.75, 3.05) is 6.54 Å². The molecule has 0 aromatic carbocycles. The van der Waals surface area contributed by atoms with Crippen molar-refractivity contribution in [3.05, 3.63) is 17.0 Å². The highest BCUT2D eigenvalue weighted by atomic mass is 15.1. The topological polar surface area (TPSA) is 40.7 Å². The molecule has 1 saturated heterocycles. The van der Waals surface area contributed by atoms with Crippen LogP contribution in [0.2, 0.25) is 0 Å². The fourth-order valence-electron chi connectivity index (χ4n) is 1.76. The summed E-state index contributed by atoms with van der Waals surface area (Å²) in [6.45, 7) is 5.34. The molecule has 12 heavy (non-hydrogen) atoms. The third-order valence-electron chi connectivity index (χ3n) is 2.68. The average Bonchev–Trinajstić information content (AvgIpc) is 2.64. The molecule has 1 aliphatic rings. The Morgan fingerprint density at radius 3 is 2.75 bits per heavy atom. The molecular weight excluding hydrogens is 150 g/mol. The predicted molar refractivity (Wildman–Crippen MR) is 48.0 cm³/mol. The maximum absolute atomic E-state index is 4.31. The highest BCUT2D eigenvalue weighted by Gasteiger charge is 2.20. The maximum atomic E-state index is 4.31. The van der Waals surface area contributed by atoms with Crippen molar-refractivity contribution in [3.63, 3.8) is 0 Å². The van der Waals surface area contributed by atoms with E-state index in [1.165, 1.54) is 29.8 Å². The normalized spacial score (nSPS) is 23.3. The summed E-state index contributed by atoms with van der Waals surface area (Å²) in [6, 6.07) is 0.495. The van der Waals surface area contributed by atoms with Gasteiger partial charge in [-0.3, -0.25) is 5.10 Å². The molecule has 3 heteroatoms. The van der Waals surface area contributed by atoms with Crippen LogP contribution in [0.3, 0.4) is 0 Å². The Bertz CT molecular complexity index is 271. The average molecular weight is 165 g/mol. The van der Waals surface area contributed by atoms with E-state index in [0.29, 0.717) is 6.04 Å². The number of nitrogens with zero attached hydrogens (tertiary/aromatic N) is 1. The summed E-state index contributed by atoms with van der Waals surface area (Å²) in [5.74, 6) is 0. The van der Waals surface area contributed by atoms with Crippen LogP contribution in [0.4, 0.5) is 0 Å². The molecule has 1 fully saturated rings. The molecule has 1 unspecified atom stereocenters. The van der Waals surface area contributed by atoms with Crippen molar-refractivity contribution in [1.29, 1.82) is 0 Å². The Kier molecular flexibility index (Phi) is 1.89. The Morgan fingerprint density at radius 1 is 1.42 bits per heavy atom. The Labute approximate surface area is 72.6 Å². The van der Waals surface area contributed by atoms with E-state index in [9.17, 15) is 0 Å². The first-order valence-corrected chi connectivity index (χ1v) is 4.54. The minimum absolute atomic E-state index is 0.495. The molecular formula is C9H15N3. The molecule has 1 aromatic heterocycles. The number of rotatable bonds is 1. The second kappa shape index (κ2) is 2.90. The molecule has 66 valence electrons. The number of H-pyrrole nitrogens is 1. The van der Waals surface area contributed by atoms with Crippen LogP contribution in [0.5, 0.6) is 0 Å². The van der Waals surface area contributed by atoms with Gasteiger partial charge in [-0.25, -0.2) is 0 Å². The smallest absolute Gasteiger partial charge is 0.0823 e. The van der Waals surface area contributed by atoms with Gasteiger partial charge in [-0.2, -0.15) is 5.10 Å². The minimum atomic E-state index is 0.495. The lowest BCUT2D eigenvalue weighted by atomic mass is 10.1. The Hall–Kier alpha value is -0.830. The summed E-state index contributed by atoms with van der Waals surface area (Å²) >= 11 is 0. The summed E-state index contributed by atoms with van der Waals surface area (Å²) < 4.78 is 0. The SMILES string of the molecule is Cc1[nH]nc(C2CCCN2)c1C. The van der Waals surface area contributed by atoms with Crippen LogP contribution in [0.25, 0.3) is 0 Å². The zero-order valence-electron chi connectivity index (χ0n) is 7.65. The molecule has 1 atom stereocenters. The fourth-order valence-corrected chi connectivity index (χ4v) is 1.76. The van der Waals surface area contributed by atoms with Crippen molar-refractivity contribution in [1.82, 2.24) is 15.5 Å². The third-order valence-corrected chi connectivity index (χ3v) is 2.68. The quantitative estimate of drug-likeness (QED) is 0.661. The molecule has 2 rings (SSSR count). The molecule has 3 nitrogen and oxygen atoms in total. The maximum Gasteiger partial charge on any atom is 0.0823 e. The number of hydrogen-bond acceptors (Lipinski definition) is 2. The lowest BCUT2D eigenvalue weighted by molar-refractivity contribution is 0.622. The second-order valence-corrected chi connectivity index (χ2v) is 3.51. The second-order valence-electron chi connectivity index (χ2n) is 3.51. The first kappa shape index (κ1) is 7.80. The van der Waals surface area contributed by atoms with E-state index in [1.54, 1.807) is 0 Å². The number of aromatic nitrogens is 2. The number of aromatic amines is 1. The molecule has 0 saturated carbocycles. The van der Waals surface area contributed by atoms with Crippen LogP contribution in [0.1, 0.15) is 35.8 Å². The van der Waals surface area contributed by atoms with Crippen LogP contribution < -0.4 is 5.32 Å². The van der Waals surface area contributed by atoms with Crippen LogP contribution in [-0.2, 0) is 0 Å². The zero-order valence-corrected chi connectivity index (χ0v) is 7.65. The molecule has 1 aromatic rings. The summed E-state index contributed by atoms with van der Waals surface area (Å²) in [4.78, 5) is 0. The molecule has 1 aliphatic heterocycles. The van der Waals surface area contributed by atoms with Crippen LogP contribution >= 0.6 is 0 Å². The molecule has 2 N–H and O–H groups in total. The van der Waals surface area contributed by atoms with E-state index in [2.05, 4.69) is 29.4 Å². The first-order chi connectivity index (χ1) is 5.79. The lowest BCUT2D eigenvalue weighted by Gasteiger charge is -2.06. The minimum Gasteiger partial charge on any atom is -0.309 e. The highest BCUT2D eigenvalue weighted by Crippen LogP contribution is 2.24. The lowest BCUT2D eigenvalue weighted by Crippen LogP contribution is -2.14. The summed E-state index contributed by atoms with van der Waals surface area (Å²) in [5.41, 5.74) is 3.72. The van der Waals surface area contributed by atoms with Gasteiger partial charge in [0.15, 0.2) is 0 Å².